The largest absolute Gasteiger partial charge is 0.490 e. The molecule has 0 heterocycles. The Labute approximate surface area is 174 Å². The lowest BCUT2D eigenvalue weighted by Crippen LogP contribution is -2.39. The summed E-state index contributed by atoms with van der Waals surface area (Å²) in [4.78, 5) is 12.1. The van der Waals surface area contributed by atoms with E-state index in [4.69, 9.17) is 14.2 Å². The number of hydrogen-bond acceptors (Lipinski definition) is 6. The summed E-state index contributed by atoms with van der Waals surface area (Å²) in [5.74, 6) is 0.820. The molecule has 2 N–H and O–H groups in total. The van der Waals surface area contributed by atoms with Gasteiger partial charge in [0.15, 0.2) is 11.5 Å². The van der Waals surface area contributed by atoms with E-state index in [9.17, 15) is 13.2 Å². The first-order valence-corrected chi connectivity index (χ1v) is 11.6. The lowest BCUT2D eigenvalue weighted by Gasteiger charge is -2.18. The van der Waals surface area contributed by atoms with E-state index < -0.39 is 15.9 Å². The minimum absolute atomic E-state index is 0.0823. The second-order valence-corrected chi connectivity index (χ2v) is 8.61. The molecule has 0 bridgehead atoms. The molecular weight excluding hydrogens is 396 g/mol. The first-order chi connectivity index (χ1) is 13.8. The van der Waals surface area contributed by atoms with Gasteiger partial charge < -0.3 is 19.5 Å². The van der Waals surface area contributed by atoms with E-state index in [1.807, 2.05) is 39.0 Å². The van der Waals surface area contributed by atoms with Crippen molar-refractivity contribution in [3.8, 4) is 11.5 Å². The van der Waals surface area contributed by atoms with Gasteiger partial charge in [0, 0.05) is 13.7 Å². The van der Waals surface area contributed by atoms with Gasteiger partial charge >= 0.3 is 0 Å². The number of carbonyl (C=O) groups excluding carboxylic acids is 1. The van der Waals surface area contributed by atoms with Crippen LogP contribution in [-0.2, 0) is 19.6 Å². The van der Waals surface area contributed by atoms with Crippen LogP contribution < -0.4 is 19.5 Å². The number of methoxy groups -OCH3 is 1. The molecule has 0 radical (unpaired) electrons. The second-order valence-electron chi connectivity index (χ2n) is 6.68. The highest BCUT2D eigenvalue weighted by molar-refractivity contribution is 7.89. The maximum Gasteiger partial charge on any atom is 0.235 e. The zero-order chi connectivity index (χ0) is 21.7. The molecule has 0 spiro atoms. The first kappa shape index (κ1) is 25.2. The van der Waals surface area contributed by atoms with Crippen molar-refractivity contribution in [2.45, 2.75) is 46.1 Å². The SMILES string of the molecule is CCCOc1ccc([C@@H](C)NC(=O)CNS(=O)(=O)CCCOC)cc1OCCC. The third kappa shape index (κ3) is 9.96. The third-order valence-electron chi connectivity index (χ3n) is 3.98. The van der Waals surface area contributed by atoms with E-state index in [1.165, 1.54) is 7.11 Å². The van der Waals surface area contributed by atoms with E-state index in [2.05, 4.69) is 10.0 Å². The Morgan fingerprint density at radius 3 is 2.34 bits per heavy atom. The molecule has 0 unspecified atom stereocenters. The van der Waals surface area contributed by atoms with Crippen molar-refractivity contribution in [2.24, 2.45) is 0 Å². The highest BCUT2D eigenvalue weighted by atomic mass is 32.2. The average Bonchev–Trinajstić information content (AvgIpc) is 2.69. The zero-order valence-corrected chi connectivity index (χ0v) is 18.6. The van der Waals surface area contributed by atoms with Crippen molar-refractivity contribution >= 4 is 15.9 Å². The van der Waals surface area contributed by atoms with Gasteiger partial charge in [0.05, 0.1) is 31.6 Å². The van der Waals surface area contributed by atoms with Crippen molar-refractivity contribution in [3.05, 3.63) is 23.8 Å². The summed E-state index contributed by atoms with van der Waals surface area (Å²) in [7, 11) is -2.00. The molecule has 1 amide bonds. The fraction of sp³-hybridized carbons (Fsp3) is 0.650. The molecule has 0 aliphatic heterocycles. The average molecular weight is 431 g/mol. The van der Waals surface area contributed by atoms with Crippen LogP contribution in [-0.4, -0.2) is 53.6 Å². The predicted octanol–water partition coefficient (Wildman–Crippen LogP) is 2.40. The molecule has 0 saturated carbocycles. The monoisotopic (exact) mass is 430 g/mol. The summed E-state index contributed by atoms with van der Waals surface area (Å²) in [6.07, 6.45) is 2.13. The highest BCUT2D eigenvalue weighted by Gasteiger charge is 2.16. The molecule has 0 aromatic heterocycles. The predicted molar refractivity (Wildman–Crippen MR) is 113 cm³/mol. The van der Waals surface area contributed by atoms with E-state index in [1.54, 1.807) is 0 Å². The van der Waals surface area contributed by atoms with Gasteiger partial charge in [0.1, 0.15) is 0 Å². The van der Waals surface area contributed by atoms with Crippen LogP contribution in [0.4, 0.5) is 0 Å². The Kier molecular flexibility index (Phi) is 11.6. The van der Waals surface area contributed by atoms with Crippen LogP contribution in [0.1, 0.15) is 51.6 Å². The smallest absolute Gasteiger partial charge is 0.235 e. The molecule has 0 saturated heterocycles. The van der Waals surface area contributed by atoms with Crippen LogP contribution in [0.15, 0.2) is 18.2 Å². The highest BCUT2D eigenvalue weighted by Crippen LogP contribution is 2.31. The first-order valence-electron chi connectivity index (χ1n) is 9.98. The molecule has 1 aromatic carbocycles. The lowest BCUT2D eigenvalue weighted by molar-refractivity contribution is -0.120. The van der Waals surface area contributed by atoms with Crippen molar-refractivity contribution in [1.82, 2.24) is 10.0 Å². The molecule has 0 aliphatic carbocycles. The summed E-state index contributed by atoms with van der Waals surface area (Å²) >= 11 is 0. The summed E-state index contributed by atoms with van der Waals surface area (Å²) < 4.78 is 42.4. The maximum absolute atomic E-state index is 12.1. The molecule has 166 valence electrons. The van der Waals surface area contributed by atoms with Crippen LogP contribution in [0.3, 0.4) is 0 Å². The van der Waals surface area contributed by atoms with Gasteiger partial charge in [-0.1, -0.05) is 19.9 Å². The van der Waals surface area contributed by atoms with Gasteiger partial charge in [-0.3, -0.25) is 4.79 Å². The van der Waals surface area contributed by atoms with Crippen LogP contribution >= 0.6 is 0 Å². The summed E-state index contributed by atoms with van der Waals surface area (Å²) in [6, 6.07) is 5.23. The molecule has 1 atom stereocenters. The van der Waals surface area contributed by atoms with E-state index in [0.717, 1.165) is 18.4 Å². The van der Waals surface area contributed by atoms with Gasteiger partial charge in [-0.2, -0.15) is 0 Å². The maximum atomic E-state index is 12.1. The number of ether oxygens (including phenoxy) is 3. The van der Waals surface area contributed by atoms with E-state index >= 15 is 0 Å². The number of carbonyl (C=O) groups is 1. The number of nitrogens with one attached hydrogen (secondary N) is 2. The fourth-order valence-corrected chi connectivity index (χ4v) is 3.46. The molecule has 8 nitrogen and oxygen atoms in total. The topological polar surface area (TPSA) is 103 Å². The molecule has 0 aliphatic rings. The van der Waals surface area contributed by atoms with Crippen molar-refractivity contribution in [3.63, 3.8) is 0 Å². The van der Waals surface area contributed by atoms with Crippen molar-refractivity contribution in [2.75, 3.05) is 39.2 Å². The Bertz CT molecular complexity index is 724. The lowest BCUT2D eigenvalue weighted by atomic mass is 10.1. The fourth-order valence-electron chi connectivity index (χ4n) is 2.47. The Morgan fingerprint density at radius 1 is 1.07 bits per heavy atom. The Morgan fingerprint density at radius 2 is 1.72 bits per heavy atom. The summed E-state index contributed by atoms with van der Waals surface area (Å²) in [5.41, 5.74) is 0.844. The van der Waals surface area contributed by atoms with Crippen molar-refractivity contribution in [1.29, 1.82) is 0 Å². The molecule has 29 heavy (non-hydrogen) atoms. The molecular formula is C20H34N2O6S. The quantitative estimate of drug-likeness (QED) is 0.414. The number of rotatable bonds is 15. The van der Waals surface area contributed by atoms with Gasteiger partial charge in [-0.15, -0.1) is 0 Å². The minimum atomic E-state index is -3.51. The molecule has 9 heteroatoms. The van der Waals surface area contributed by atoms with Crippen LogP contribution in [0.5, 0.6) is 11.5 Å². The van der Waals surface area contributed by atoms with Gasteiger partial charge in [-0.25, -0.2) is 13.1 Å². The van der Waals surface area contributed by atoms with Gasteiger partial charge in [0.2, 0.25) is 15.9 Å². The Balaban J connectivity index is 2.67. The normalized spacial score (nSPS) is 12.4. The number of sulfonamides is 1. The van der Waals surface area contributed by atoms with Crippen LogP contribution in [0, 0.1) is 0 Å². The second kappa shape index (κ2) is 13.4. The van der Waals surface area contributed by atoms with Crippen LogP contribution in [0.2, 0.25) is 0 Å². The standard InChI is InChI=1S/C20H34N2O6S/c1-5-10-27-18-9-8-17(14-19(18)28-11-6-2)16(3)22-20(23)15-21-29(24,25)13-7-12-26-4/h8-9,14,16,21H,5-7,10-13,15H2,1-4H3,(H,22,23)/t16-/m1/s1. The zero-order valence-electron chi connectivity index (χ0n) is 17.8. The number of benzene rings is 1. The molecule has 0 fully saturated rings. The number of hydrogen-bond donors (Lipinski definition) is 2. The summed E-state index contributed by atoms with van der Waals surface area (Å²) in [6.45, 7) is 7.09. The van der Waals surface area contributed by atoms with Crippen LogP contribution in [0.25, 0.3) is 0 Å². The van der Waals surface area contributed by atoms with E-state index in [-0.39, 0.29) is 18.3 Å². The Hall–Kier alpha value is -1.84. The number of amides is 1. The molecule has 1 aromatic rings. The molecule has 1 rings (SSSR count). The van der Waals surface area contributed by atoms with Gasteiger partial charge in [0.25, 0.3) is 0 Å². The summed E-state index contributed by atoms with van der Waals surface area (Å²) in [5, 5.41) is 2.80. The van der Waals surface area contributed by atoms with Gasteiger partial charge in [-0.05, 0) is 43.9 Å². The van der Waals surface area contributed by atoms with E-state index in [0.29, 0.717) is 37.7 Å². The third-order valence-corrected chi connectivity index (χ3v) is 5.39. The van der Waals surface area contributed by atoms with Crippen molar-refractivity contribution < 1.29 is 27.4 Å². The minimum Gasteiger partial charge on any atom is -0.490 e.